The van der Waals surface area contributed by atoms with E-state index < -0.39 is 17.5 Å². The van der Waals surface area contributed by atoms with Gasteiger partial charge < -0.3 is 14.0 Å². The molecule has 0 bridgehead atoms. The molecule has 1 aromatic rings. The Bertz CT molecular complexity index is 416. The Labute approximate surface area is 98.9 Å². The monoisotopic (exact) mass is 241 g/mol. The molecule has 6 heteroatoms. The van der Waals surface area contributed by atoms with Crippen molar-refractivity contribution in [3.05, 3.63) is 17.5 Å². The Balaban J connectivity index is 2.89. The number of esters is 2. The molecule has 0 spiro atoms. The van der Waals surface area contributed by atoms with Crippen molar-refractivity contribution in [2.75, 3.05) is 6.61 Å². The second-order valence-electron chi connectivity index (χ2n) is 4.29. The minimum absolute atomic E-state index is 0.0293. The van der Waals surface area contributed by atoms with Crippen molar-refractivity contribution in [1.29, 1.82) is 0 Å². The quantitative estimate of drug-likeness (QED) is 0.751. The molecule has 0 fully saturated rings. The maximum atomic E-state index is 11.7. The van der Waals surface area contributed by atoms with Crippen LogP contribution in [0.4, 0.5) is 0 Å². The second kappa shape index (κ2) is 4.99. The third-order valence-corrected chi connectivity index (χ3v) is 1.65. The minimum Gasteiger partial charge on any atom is -0.460 e. The zero-order valence-electron chi connectivity index (χ0n) is 10.3. The van der Waals surface area contributed by atoms with Crippen molar-refractivity contribution in [2.45, 2.75) is 33.3 Å². The summed E-state index contributed by atoms with van der Waals surface area (Å²) in [7, 11) is 0. The lowest BCUT2D eigenvalue weighted by Crippen LogP contribution is -2.24. The maximum Gasteiger partial charge on any atom is 0.378 e. The fourth-order valence-corrected chi connectivity index (χ4v) is 1.06. The van der Waals surface area contributed by atoms with Crippen LogP contribution in [0.5, 0.6) is 0 Å². The lowest BCUT2D eigenvalue weighted by atomic mass is 10.2. The molecule has 0 atom stereocenters. The number of rotatable bonds is 3. The van der Waals surface area contributed by atoms with E-state index in [0.29, 0.717) is 0 Å². The molecule has 0 unspecified atom stereocenters. The summed E-state index contributed by atoms with van der Waals surface area (Å²) in [6, 6.07) is 0. The van der Waals surface area contributed by atoms with Crippen LogP contribution in [0.1, 0.15) is 48.6 Å². The first-order valence-corrected chi connectivity index (χ1v) is 5.20. The van der Waals surface area contributed by atoms with E-state index in [-0.39, 0.29) is 17.9 Å². The standard InChI is InChI=1S/C11H15NO5/c1-5-15-10(14)8-7(6-12-17-8)9(13)16-11(2,3)4/h6H,5H2,1-4H3. The molecular weight excluding hydrogens is 226 g/mol. The van der Waals surface area contributed by atoms with E-state index in [1.54, 1.807) is 27.7 Å². The van der Waals surface area contributed by atoms with Crippen molar-refractivity contribution in [2.24, 2.45) is 0 Å². The first-order chi connectivity index (χ1) is 7.85. The molecule has 0 N–H and O–H groups in total. The van der Waals surface area contributed by atoms with E-state index in [9.17, 15) is 9.59 Å². The van der Waals surface area contributed by atoms with Gasteiger partial charge in [-0.25, -0.2) is 9.59 Å². The lowest BCUT2D eigenvalue weighted by Gasteiger charge is -2.18. The van der Waals surface area contributed by atoms with Gasteiger partial charge in [0.25, 0.3) is 5.76 Å². The minimum atomic E-state index is -0.731. The highest BCUT2D eigenvalue weighted by Gasteiger charge is 2.27. The van der Waals surface area contributed by atoms with Gasteiger partial charge in [-0.1, -0.05) is 5.16 Å². The largest absolute Gasteiger partial charge is 0.460 e. The normalized spacial score (nSPS) is 11.1. The predicted molar refractivity (Wildman–Crippen MR) is 57.6 cm³/mol. The summed E-state index contributed by atoms with van der Waals surface area (Å²) in [4.78, 5) is 23.2. The van der Waals surface area contributed by atoms with Gasteiger partial charge in [-0.3, -0.25) is 0 Å². The third kappa shape index (κ3) is 3.58. The first kappa shape index (κ1) is 13.2. The summed E-state index contributed by atoms with van der Waals surface area (Å²) in [6.07, 6.45) is 1.14. The van der Waals surface area contributed by atoms with Crippen LogP contribution >= 0.6 is 0 Å². The van der Waals surface area contributed by atoms with Gasteiger partial charge in [-0.05, 0) is 27.7 Å². The van der Waals surface area contributed by atoms with Crippen LogP contribution in [0.25, 0.3) is 0 Å². The zero-order valence-corrected chi connectivity index (χ0v) is 10.3. The van der Waals surface area contributed by atoms with Gasteiger partial charge in [0.05, 0.1) is 12.8 Å². The van der Waals surface area contributed by atoms with Crippen LogP contribution < -0.4 is 0 Å². The third-order valence-electron chi connectivity index (χ3n) is 1.65. The summed E-state index contributed by atoms with van der Waals surface area (Å²) in [5, 5.41) is 3.40. The number of carbonyl (C=O) groups is 2. The number of aromatic nitrogens is 1. The van der Waals surface area contributed by atoms with Gasteiger partial charge >= 0.3 is 11.9 Å². The van der Waals surface area contributed by atoms with Crippen molar-refractivity contribution in [3.8, 4) is 0 Å². The Morgan fingerprint density at radius 3 is 2.53 bits per heavy atom. The average molecular weight is 241 g/mol. The van der Waals surface area contributed by atoms with Crippen molar-refractivity contribution >= 4 is 11.9 Å². The fraction of sp³-hybridized carbons (Fsp3) is 0.545. The van der Waals surface area contributed by atoms with Gasteiger partial charge in [0.2, 0.25) is 0 Å². The number of nitrogens with zero attached hydrogens (tertiary/aromatic N) is 1. The van der Waals surface area contributed by atoms with E-state index in [1.165, 1.54) is 0 Å². The molecule has 94 valence electrons. The molecule has 0 aliphatic rings. The van der Waals surface area contributed by atoms with E-state index in [4.69, 9.17) is 9.47 Å². The molecule has 6 nitrogen and oxygen atoms in total. The Kier molecular flexibility index (Phi) is 3.88. The van der Waals surface area contributed by atoms with E-state index in [1.807, 2.05) is 0 Å². The predicted octanol–water partition coefficient (Wildman–Crippen LogP) is 1.81. The van der Waals surface area contributed by atoms with Crippen molar-refractivity contribution < 1.29 is 23.6 Å². The molecule has 17 heavy (non-hydrogen) atoms. The molecule has 0 radical (unpaired) electrons. The topological polar surface area (TPSA) is 78.6 Å². The van der Waals surface area contributed by atoms with Gasteiger partial charge in [0.15, 0.2) is 0 Å². The van der Waals surface area contributed by atoms with Crippen molar-refractivity contribution in [3.63, 3.8) is 0 Å². The summed E-state index contributed by atoms with van der Waals surface area (Å²) in [5.74, 6) is -1.63. The van der Waals surface area contributed by atoms with Gasteiger partial charge in [0.1, 0.15) is 11.2 Å². The molecule has 0 aromatic carbocycles. The Morgan fingerprint density at radius 2 is 2.00 bits per heavy atom. The van der Waals surface area contributed by atoms with Crippen LogP contribution in [-0.2, 0) is 9.47 Å². The average Bonchev–Trinajstić information content (AvgIpc) is 2.63. The van der Waals surface area contributed by atoms with E-state index in [2.05, 4.69) is 9.68 Å². The van der Waals surface area contributed by atoms with Crippen LogP contribution in [0.2, 0.25) is 0 Å². The number of ether oxygens (including phenoxy) is 2. The molecule has 1 aromatic heterocycles. The molecule has 1 heterocycles. The summed E-state index contributed by atoms with van der Waals surface area (Å²) >= 11 is 0. The molecule has 1 rings (SSSR count). The summed E-state index contributed by atoms with van der Waals surface area (Å²) in [6.45, 7) is 7.02. The summed E-state index contributed by atoms with van der Waals surface area (Å²) in [5.41, 5.74) is -0.682. The molecular formula is C11H15NO5. The molecule has 0 aliphatic heterocycles. The number of hydrogen-bond acceptors (Lipinski definition) is 6. The van der Waals surface area contributed by atoms with E-state index in [0.717, 1.165) is 6.20 Å². The molecule has 0 amide bonds. The molecule has 0 saturated carbocycles. The Hall–Kier alpha value is -1.85. The van der Waals surface area contributed by atoms with Crippen LogP contribution in [0, 0.1) is 0 Å². The highest BCUT2D eigenvalue weighted by molar-refractivity contribution is 6.00. The highest BCUT2D eigenvalue weighted by atomic mass is 16.6. The highest BCUT2D eigenvalue weighted by Crippen LogP contribution is 2.16. The van der Waals surface area contributed by atoms with Gasteiger partial charge in [-0.15, -0.1) is 0 Å². The molecule has 0 saturated heterocycles. The fourth-order valence-electron chi connectivity index (χ4n) is 1.06. The smallest absolute Gasteiger partial charge is 0.378 e. The zero-order chi connectivity index (χ0) is 13.1. The van der Waals surface area contributed by atoms with Crippen molar-refractivity contribution in [1.82, 2.24) is 5.16 Å². The maximum absolute atomic E-state index is 11.7. The first-order valence-electron chi connectivity index (χ1n) is 5.20. The molecule has 0 aliphatic carbocycles. The lowest BCUT2D eigenvalue weighted by molar-refractivity contribution is 0.00620. The van der Waals surface area contributed by atoms with Crippen LogP contribution in [0.3, 0.4) is 0 Å². The Morgan fingerprint density at radius 1 is 1.35 bits per heavy atom. The number of hydrogen-bond donors (Lipinski definition) is 0. The SMILES string of the molecule is CCOC(=O)c1oncc1C(=O)OC(C)(C)C. The second-order valence-corrected chi connectivity index (χ2v) is 4.29. The van der Waals surface area contributed by atoms with Crippen LogP contribution in [-0.4, -0.2) is 29.3 Å². The number of carbonyl (C=O) groups excluding carboxylic acids is 2. The van der Waals surface area contributed by atoms with Gasteiger partial charge in [0, 0.05) is 0 Å². The van der Waals surface area contributed by atoms with Crippen LogP contribution in [0.15, 0.2) is 10.7 Å². The van der Waals surface area contributed by atoms with E-state index >= 15 is 0 Å². The van der Waals surface area contributed by atoms with Gasteiger partial charge in [-0.2, -0.15) is 0 Å². The summed E-state index contributed by atoms with van der Waals surface area (Å²) < 4.78 is 14.5.